The number of hydrogen-bond acceptors (Lipinski definition) is 1. The average Bonchev–Trinajstić information content (AvgIpc) is 2.83. The van der Waals surface area contributed by atoms with Crippen LogP contribution in [0.25, 0.3) is 0 Å². The molecule has 2 heteroatoms. The second-order valence-corrected chi connectivity index (χ2v) is 5.89. The predicted octanol–water partition coefficient (Wildman–Crippen LogP) is 3.52. The van der Waals surface area contributed by atoms with Crippen LogP contribution in [0.2, 0.25) is 0 Å². The van der Waals surface area contributed by atoms with E-state index in [9.17, 15) is 4.39 Å². The van der Waals surface area contributed by atoms with Gasteiger partial charge < -0.3 is 5.73 Å². The lowest BCUT2D eigenvalue weighted by Crippen LogP contribution is -2.35. The summed E-state index contributed by atoms with van der Waals surface area (Å²) < 4.78 is 13.5. The van der Waals surface area contributed by atoms with E-state index >= 15 is 0 Å². The molecule has 3 rings (SSSR count). The highest BCUT2D eigenvalue weighted by Crippen LogP contribution is 2.41. The summed E-state index contributed by atoms with van der Waals surface area (Å²) in [5.74, 6) is -0.163. The largest absolute Gasteiger partial charge is 0.330 e. The molecular formula is C18H20FN. The summed E-state index contributed by atoms with van der Waals surface area (Å²) in [6, 6.07) is 13.6. The Labute approximate surface area is 119 Å². The molecule has 0 fully saturated rings. The van der Waals surface area contributed by atoms with E-state index in [0.29, 0.717) is 6.54 Å². The Morgan fingerprint density at radius 1 is 1.20 bits per heavy atom. The zero-order valence-corrected chi connectivity index (χ0v) is 11.8. The molecule has 0 spiro atoms. The molecule has 1 nitrogen and oxygen atoms in total. The van der Waals surface area contributed by atoms with Crippen molar-refractivity contribution in [2.45, 2.75) is 31.6 Å². The van der Waals surface area contributed by atoms with Crippen molar-refractivity contribution in [2.75, 3.05) is 6.54 Å². The second kappa shape index (κ2) is 5.02. The van der Waals surface area contributed by atoms with Crippen molar-refractivity contribution >= 4 is 0 Å². The molecule has 0 aliphatic heterocycles. The fraction of sp³-hybridized carbons (Fsp3) is 0.333. The molecule has 104 valence electrons. The first-order chi connectivity index (χ1) is 9.64. The van der Waals surface area contributed by atoms with E-state index in [1.165, 1.54) is 17.2 Å². The summed E-state index contributed by atoms with van der Waals surface area (Å²) in [6.07, 6.45) is 2.95. The third-order valence-electron chi connectivity index (χ3n) is 4.69. The van der Waals surface area contributed by atoms with Crippen molar-refractivity contribution in [1.82, 2.24) is 0 Å². The van der Waals surface area contributed by atoms with Gasteiger partial charge in [0.2, 0.25) is 0 Å². The van der Waals surface area contributed by atoms with E-state index in [-0.39, 0.29) is 11.2 Å². The molecule has 20 heavy (non-hydrogen) atoms. The second-order valence-electron chi connectivity index (χ2n) is 5.89. The Morgan fingerprint density at radius 3 is 2.80 bits per heavy atom. The Hall–Kier alpha value is -1.67. The zero-order valence-electron chi connectivity index (χ0n) is 11.8. The molecule has 0 radical (unpaired) electrons. The van der Waals surface area contributed by atoms with Gasteiger partial charge in [0.1, 0.15) is 5.82 Å². The van der Waals surface area contributed by atoms with E-state index in [1.807, 2.05) is 13.0 Å². The van der Waals surface area contributed by atoms with Gasteiger partial charge in [0.05, 0.1) is 0 Å². The van der Waals surface area contributed by atoms with Crippen LogP contribution in [0.15, 0.2) is 42.5 Å². The molecule has 2 aromatic carbocycles. The van der Waals surface area contributed by atoms with Crippen LogP contribution in [0, 0.1) is 12.7 Å². The summed E-state index contributed by atoms with van der Waals surface area (Å²) >= 11 is 0. The van der Waals surface area contributed by atoms with E-state index in [1.54, 1.807) is 6.07 Å². The third-order valence-corrected chi connectivity index (χ3v) is 4.69. The normalized spacial score (nSPS) is 20.9. The summed E-state index contributed by atoms with van der Waals surface area (Å²) in [5.41, 5.74) is 11.1. The Morgan fingerprint density at radius 2 is 2.00 bits per heavy atom. The molecule has 1 aliphatic rings. The third kappa shape index (κ3) is 2.14. The summed E-state index contributed by atoms with van der Waals surface area (Å²) in [4.78, 5) is 0. The zero-order chi connectivity index (χ0) is 14.2. The minimum atomic E-state index is -0.163. The monoisotopic (exact) mass is 269 g/mol. The highest BCUT2D eigenvalue weighted by atomic mass is 19.1. The average molecular weight is 269 g/mol. The lowest BCUT2D eigenvalue weighted by molar-refractivity contribution is 0.430. The van der Waals surface area contributed by atoms with Crippen molar-refractivity contribution in [3.8, 4) is 0 Å². The maximum Gasteiger partial charge on any atom is 0.123 e. The van der Waals surface area contributed by atoms with Gasteiger partial charge in [-0.15, -0.1) is 0 Å². The van der Waals surface area contributed by atoms with Crippen molar-refractivity contribution in [3.63, 3.8) is 0 Å². The lowest BCUT2D eigenvalue weighted by Gasteiger charge is -2.30. The first-order valence-electron chi connectivity index (χ1n) is 7.18. The summed E-state index contributed by atoms with van der Waals surface area (Å²) in [7, 11) is 0. The van der Waals surface area contributed by atoms with Gasteiger partial charge in [-0.1, -0.05) is 30.3 Å². The molecule has 2 aromatic rings. The Kier molecular flexibility index (Phi) is 3.35. The fourth-order valence-corrected chi connectivity index (χ4v) is 3.43. The molecule has 0 aromatic heterocycles. The number of rotatable bonds is 3. The van der Waals surface area contributed by atoms with Crippen LogP contribution in [0.3, 0.4) is 0 Å². The number of aryl methyl sites for hydroxylation is 2. The van der Waals surface area contributed by atoms with Gasteiger partial charge in [0, 0.05) is 12.0 Å². The van der Waals surface area contributed by atoms with Crippen molar-refractivity contribution in [1.29, 1.82) is 0 Å². The van der Waals surface area contributed by atoms with E-state index in [0.717, 1.165) is 30.4 Å². The van der Waals surface area contributed by atoms with Crippen LogP contribution in [0.4, 0.5) is 4.39 Å². The van der Waals surface area contributed by atoms with Gasteiger partial charge in [-0.05, 0) is 60.6 Å². The van der Waals surface area contributed by atoms with Gasteiger partial charge in [0.25, 0.3) is 0 Å². The van der Waals surface area contributed by atoms with Crippen molar-refractivity contribution < 1.29 is 4.39 Å². The van der Waals surface area contributed by atoms with Crippen LogP contribution in [0.5, 0.6) is 0 Å². The van der Waals surface area contributed by atoms with Crippen molar-refractivity contribution in [3.05, 3.63) is 70.5 Å². The predicted molar refractivity (Wildman–Crippen MR) is 80.3 cm³/mol. The number of hydrogen-bond donors (Lipinski definition) is 1. The van der Waals surface area contributed by atoms with Gasteiger partial charge in [0.15, 0.2) is 0 Å². The molecule has 2 N–H and O–H groups in total. The minimum Gasteiger partial charge on any atom is -0.330 e. The quantitative estimate of drug-likeness (QED) is 0.906. The standard InChI is InChI=1S/C18H20FN/c1-13-6-7-16(19)10-15(13)11-18(12-20)9-8-14-4-2-3-5-17(14)18/h2-7,10H,8-9,11-12,20H2,1H3. The van der Waals surface area contributed by atoms with Crippen LogP contribution in [-0.2, 0) is 18.3 Å². The highest BCUT2D eigenvalue weighted by molar-refractivity contribution is 5.42. The molecule has 0 saturated carbocycles. The molecule has 0 amide bonds. The maximum atomic E-state index is 13.5. The van der Waals surface area contributed by atoms with E-state index < -0.39 is 0 Å². The van der Waals surface area contributed by atoms with Crippen molar-refractivity contribution in [2.24, 2.45) is 5.73 Å². The summed E-state index contributed by atoms with van der Waals surface area (Å²) in [6.45, 7) is 2.65. The molecular weight excluding hydrogens is 249 g/mol. The minimum absolute atomic E-state index is 0.0326. The number of benzene rings is 2. The summed E-state index contributed by atoms with van der Waals surface area (Å²) in [5, 5.41) is 0. The van der Waals surface area contributed by atoms with E-state index in [2.05, 4.69) is 24.3 Å². The smallest absolute Gasteiger partial charge is 0.123 e. The van der Waals surface area contributed by atoms with Gasteiger partial charge in [-0.2, -0.15) is 0 Å². The maximum absolute atomic E-state index is 13.5. The lowest BCUT2D eigenvalue weighted by atomic mass is 9.76. The molecule has 0 heterocycles. The topological polar surface area (TPSA) is 26.0 Å². The molecule has 1 aliphatic carbocycles. The SMILES string of the molecule is Cc1ccc(F)cc1CC1(CN)CCc2ccccc21. The molecule has 1 atom stereocenters. The molecule has 0 saturated heterocycles. The number of nitrogens with two attached hydrogens (primary N) is 1. The first kappa shape index (κ1) is 13.3. The van der Waals surface area contributed by atoms with Crippen LogP contribution >= 0.6 is 0 Å². The molecule has 1 unspecified atom stereocenters. The van der Waals surface area contributed by atoms with Crippen LogP contribution < -0.4 is 5.73 Å². The van der Waals surface area contributed by atoms with E-state index in [4.69, 9.17) is 5.73 Å². The van der Waals surface area contributed by atoms with Gasteiger partial charge in [-0.25, -0.2) is 4.39 Å². The highest BCUT2D eigenvalue weighted by Gasteiger charge is 2.37. The first-order valence-corrected chi connectivity index (χ1v) is 7.18. The Bertz CT molecular complexity index is 635. The Balaban J connectivity index is 2.02. The number of fused-ring (bicyclic) bond motifs is 1. The number of halogens is 1. The van der Waals surface area contributed by atoms with Gasteiger partial charge in [-0.3, -0.25) is 0 Å². The fourth-order valence-electron chi connectivity index (χ4n) is 3.43. The van der Waals surface area contributed by atoms with Gasteiger partial charge >= 0.3 is 0 Å². The molecule has 0 bridgehead atoms. The van der Waals surface area contributed by atoms with Crippen LogP contribution in [-0.4, -0.2) is 6.54 Å². The van der Waals surface area contributed by atoms with Crippen LogP contribution in [0.1, 0.15) is 28.7 Å².